The monoisotopic (exact) mass is 249 g/mol. The van der Waals surface area contributed by atoms with Crippen molar-refractivity contribution < 1.29 is 10.0 Å². The molecule has 0 saturated heterocycles. The number of hydrogen-bond donors (Lipinski definition) is 3. The summed E-state index contributed by atoms with van der Waals surface area (Å²) in [6, 6.07) is 7.17. The maximum absolute atomic E-state index is 11.5. The third-order valence-corrected chi connectivity index (χ3v) is 2.44. The maximum Gasteiger partial charge on any atom is 0.220 e. The SMILES string of the molecule is CC(C)CC(=O)NCc1ccc(C(N)=NO)cc1. The zero-order chi connectivity index (χ0) is 13.5. The van der Waals surface area contributed by atoms with Crippen molar-refractivity contribution in [2.45, 2.75) is 26.8 Å². The third kappa shape index (κ3) is 4.45. The van der Waals surface area contributed by atoms with Crippen LogP contribution in [0.25, 0.3) is 0 Å². The zero-order valence-electron chi connectivity index (χ0n) is 10.7. The molecule has 1 rings (SSSR count). The van der Waals surface area contributed by atoms with E-state index in [9.17, 15) is 4.79 Å². The van der Waals surface area contributed by atoms with Crippen molar-refractivity contribution in [3.05, 3.63) is 35.4 Å². The average molecular weight is 249 g/mol. The lowest BCUT2D eigenvalue weighted by Gasteiger charge is -2.07. The molecule has 4 N–H and O–H groups in total. The van der Waals surface area contributed by atoms with Crippen LogP contribution < -0.4 is 11.1 Å². The maximum atomic E-state index is 11.5. The smallest absolute Gasteiger partial charge is 0.220 e. The Balaban J connectivity index is 2.52. The second-order valence-corrected chi connectivity index (χ2v) is 4.56. The van der Waals surface area contributed by atoms with Gasteiger partial charge in [0.2, 0.25) is 5.91 Å². The molecule has 0 atom stereocenters. The molecule has 1 aromatic carbocycles. The minimum absolute atomic E-state index is 0.0468. The molecule has 0 aromatic heterocycles. The number of carbonyl (C=O) groups is 1. The fourth-order valence-corrected chi connectivity index (χ4v) is 1.49. The zero-order valence-corrected chi connectivity index (χ0v) is 10.7. The number of hydrogen-bond acceptors (Lipinski definition) is 3. The first-order chi connectivity index (χ1) is 8.52. The third-order valence-electron chi connectivity index (χ3n) is 2.44. The summed E-state index contributed by atoms with van der Waals surface area (Å²) < 4.78 is 0. The summed E-state index contributed by atoms with van der Waals surface area (Å²) in [6.07, 6.45) is 0.530. The molecule has 1 aromatic rings. The molecular formula is C13H19N3O2. The Morgan fingerprint density at radius 1 is 1.39 bits per heavy atom. The van der Waals surface area contributed by atoms with Gasteiger partial charge in [0.05, 0.1) is 0 Å². The molecule has 0 bridgehead atoms. The van der Waals surface area contributed by atoms with E-state index >= 15 is 0 Å². The van der Waals surface area contributed by atoms with Gasteiger partial charge >= 0.3 is 0 Å². The van der Waals surface area contributed by atoms with Gasteiger partial charge < -0.3 is 16.3 Å². The molecule has 5 nitrogen and oxygen atoms in total. The fourth-order valence-electron chi connectivity index (χ4n) is 1.49. The van der Waals surface area contributed by atoms with Crippen molar-refractivity contribution in [1.29, 1.82) is 0 Å². The van der Waals surface area contributed by atoms with Crippen LogP contribution in [0.4, 0.5) is 0 Å². The molecule has 0 saturated carbocycles. The van der Waals surface area contributed by atoms with Crippen LogP contribution in [0.5, 0.6) is 0 Å². The van der Waals surface area contributed by atoms with Crippen LogP contribution in [-0.4, -0.2) is 17.0 Å². The number of nitrogens with two attached hydrogens (primary N) is 1. The van der Waals surface area contributed by atoms with Crippen LogP contribution in [0.2, 0.25) is 0 Å². The number of rotatable bonds is 5. The van der Waals surface area contributed by atoms with E-state index in [1.807, 2.05) is 26.0 Å². The Morgan fingerprint density at radius 2 is 2.00 bits per heavy atom. The van der Waals surface area contributed by atoms with Crippen LogP contribution >= 0.6 is 0 Å². The lowest BCUT2D eigenvalue weighted by molar-refractivity contribution is -0.121. The van der Waals surface area contributed by atoms with E-state index in [-0.39, 0.29) is 11.7 Å². The van der Waals surface area contributed by atoms with Crippen molar-refractivity contribution >= 4 is 11.7 Å². The lowest BCUT2D eigenvalue weighted by Crippen LogP contribution is -2.24. The fraction of sp³-hybridized carbons (Fsp3) is 0.385. The number of amides is 1. The number of amidine groups is 1. The van der Waals surface area contributed by atoms with Crippen LogP contribution in [-0.2, 0) is 11.3 Å². The van der Waals surface area contributed by atoms with Crippen molar-refractivity contribution in [1.82, 2.24) is 5.32 Å². The second-order valence-electron chi connectivity index (χ2n) is 4.56. The van der Waals surface area contributed by atoms with Gasteiger partial charge in [0.1, 0.15) is 0 Å². The highest BCUT2D eigenvalue weighted by Gasteiger charge is 2.04. The van der Waals surface area contributed by atoms with Crippen molar-refractivity contribution in [3.8, 4) is 0 Å². The molecule has 0 radical (unpaired) electrons. The Bertz CT molecular complexity index is 424. The molecule has 0 unspecified atom stereocenters. The highest BCUT2D eigenvalue weighted by Crippen LogP contribution is 2.05. The lowest BCUT2D eigenvalue weighted by atomic mass is 10.1. The van der Waals surface area contributed by atoms with Crippen LogP contribution in [0, 0.1) is 5.92 Å². The van der Waals surface area contributed by atoms with E-state index in [0.717, 1.165) is 5.56 Å². The van der Waals surface area contributed by atoms with E-state index in [1.54, 1.807) is 12.1 Å². The van der Waals surface area contributed by atoms with Gasteiger partial charge in [-0.25, -0.2) is 0 Å². The Labute approximate surface area is 107 Å². The van der Waals surface area contributed by atoms with E-state index in [4.69, 9.17) is 10.9 Å². The number of nitrogens with one attached hydrogen (secondary N) is 1. The van der Waals surface area contributed by atoms with E-state index < -0.39 is 0 Å². The minimum Gasteiger partial charge on any atom is -0.409 e. The molecule has 0 spiro atoms. The topological polar surface area (TPSA) is 87.7 Å². The summed E-state index contributed by atoms with van der Waals surface area (Å²) in [5, 5.41) is 14.3. The molecule has 18 heavy (non-hydrogen) atoms. The summed E-state index contributed by atoms with van der Waals surface area (Å²) >= 11 is 0. The highest BCUT2D eigenvalue weighted by molar-refractivity contribution is 5.96. The van der Waals surface area contributed by atoms with Gasteiger partial charge in [-0.05, 0) is 11.5 Å². The molecule has 0 aliphatic heterocycles. The van der Waals surface area contributed by atoms with Gasteiger partial charge in [-0.15, -0.1) is 0 Å². The number of carbonyl (C=O) groups excluding carboxylic acids is 1. The minimum atomic E-state index is 0.0468. The van der Waals surface area contributed by atoms with Gasteiger partial charge in [-0.1, -0.05) is 43.3 Å². The average Bonchev–Trinajstić information content (AvgIpc) is 2.35. The van der Waals surface area contributed by atoms with Crippen LogP contribution in [0.1, 0.15) is 31.4 Å². The van der Waals surface area contributed by atoms with E-state index in [0.29, 0.717) is 24.4 Å². The first-order valence-electron chi connectivity index (χ1n) is 5.86. The summed E-state index contributed by atoms with van der Waals surface area (Å²) in [5.74, 6) is 0.476. The van der Waals surface area contributed by atoms with Gasteiger partial charge in [0.25, 0.3) is 0 Å². The molecule has 0 aliphatic carbocycles. The Hall–Kier alpha value is -2.04. The first-order valence-corrected chi connectivity index (χ1v) is 5.86. The van der Waals surface area contributed by atoms with E-state index in [1.165, 1.54) is 0 Å². The van der Waals surface area contributed by atoms with Gasteiger partial charge in [0, 0.05) is 18.5 Å². The second kappa shape index (κ2) is 6.64. The predicted octanol–water partition coefficient (Wildman–Crippen LogP) is 1.44. The Kier molecular flexibility index (Phi) is 5.17. The summed E-state index contributed by atoms with van der Waals surface area (Å²) in [7, 11) is 0. The number of benzene rings is 1. The normalized spacial score (nSPS) is 11.6. The number of nitrogens with zero attached hydrogens (tertiary/aromatic N) is 1. The van der Waals surface area contributed by atoms with Crippen molar-refractivity contribution in [3.63, 3.8) is 0 Å². The van der Waals surface area contributed by atoms with E-state index in [2.05, 4.69) is 10.5 Å². The highest BCUT2D eigenvalue weighted by atomic mass is 16.4. The van der Waals surface area contributed by atoms with Crippen molar-refractivity contribution in [2.24, 2.45) is 16.8 Å². The molecule has 0 aliphatic rings. The standard InChI is InChI=1S/C13H19N3O2/c1-9(2)7-12(17)15-8-10-3-5-11(6-4-10)13(14)16-18/h3-6,9,18H,7-8H2,1-2H3,(H2,14,16)(H,15,17). The summed E-state index contributed by atoms with van der Waals surface area (Å²) in [5.41, 5.74) is 7.07. The molecule has 0 heterocycles. The molecular weight excluding hydrogens is 230 g/mol. The van der Waals surface area contributed by atoms with Gasteiger partial charge in [-0.3, -0.25) is 4.79 Å². The first kappa shape index (κ1) is 14.0. The summed E-state index contributed by atoms with van der Waals surface area (Å²) in [6.45, 7) is 4.50. The molecule has 5 heteroatoms. The van der Waals surface area contributed by atoms with Gasteiger partial charge in [0.15, 0.2) is 5.84 Å². The van der Waals surface area contributed by atoms with Crippen LogP contribution in [0.3, 0.4) is 0 Å². The largest absolute Gasteiger partial charge is 0.409 e. The quantitative estimate of drug-likeness (QED) is 0.319. The Morgan fingerprint density at radius 3 is 2.50 bits per heavy atom. The number of oxime groups is 1. The van der Waals surface area contributed by atoms with Gasteiger partial charge in [-0.2, -0.15) is 0 Å². The molecule has 1 amide bonds. The van der Waals surface area contributed by atoms with Crippen LogP contribution in [0.15, 0.2) is 29.4 Å². The summed E-state index contributed by atoms with van der Waals surface area (Å²) in [4.78, 5) is 11.5. The predicted molar refractivity (Wildman–Crippen MR) is 70.3 cm³/mol. The molecule has 98 valence electrons. The molecule has 0 fully saturated rings. The van der Waals surface area contributed by atoms with Crippen molar-refractivity contribution in [2.75, 3.05) is 0 Å².